The number of H-pyrrole nitrogens is 1. The van der Waals surface area contributed by atoms with Gasteiger partial charge in [-0.1, -0.05) is 0 Å². The Kier molecular flexibility index (Phi) is 6.44. The fraction of sp³-hybridized carbons (Fsp3) is 0.400. The molecule has 0 aliphatic rings. The summed E-state index contributed by atoms with van der Waals surface area (Å²) in [5, 5.41) is 3.18. The Morgan fingerprint density at radius 3 is 2.35 bits per heavy atom. The quantitative estimate of drug-likeness (QED) is 0.553. The summed E-state index contributed by atoms with van der Waals surface area (Å²) in [6, 6.07) is 6.98. The van der Waals surface area contributed by atoms with Crippen LogP contribution in [-0.2, 0) is 4.74 Å². The molecule has 26 heavy (non-hydrogen) atoms. The molecular formula is C20H26N2O4. The van der Waals surface area contributed by atoms with Gasteiger partial charge in [0.2, 0.25) is 5.78 Å². The molecule has 0 fully saturated rings. The first kappa shape index (κ1) is 19.6. The minimum Gasteiger partial charge on any atom is -0.494 e. The summed E-state index contributed by atoms with van der Waals surface area (Å²) in [5.74, 6) is 0.256. The number of esters is 1. The molecule has 1 aromatic heterocycles. The number of aryl methyl sites for hydroxylation is 1. The van der Waals surface area contributed by atoms with Crippen molar-refractivity contribution >= 4 is 17.4 Å². The Morgan fingerprint density at radius 2 is 1.77 bits per heavy atom. The summed E-state index contributed by atoms with van der Waals surface area (Å²) in [5.41, 5.74) is 2.93. The summed E-state index contributed by atoms with van der Waals surface area (Å²) < 4.78 is 10.5. The highest BCUT2D eigenvalue weighted by Crippen LogP contribution is 2.22. The third-order valence-electron chi connectivity index (χ3n) is 4.11. The fourth-order valence-corrected chi connectivity index (χ4v) is 2.85. The van der Waals surface area contributed by atoms with Gasteiger partial charge in [-0.15, -0.1) is 0 Å². The number of rotatable bonds is 8. The molecule has 0 amide bonds. The van der Waals surface area contributed by atoms with Crippen molar-refractivity contribution in [2.45, 2.75) is 40.7 Å². The third kappa shape index (κ3) is 4.25. The average molecular weight is 358 g/mol. The lowest BCUT2D eigenvalue weighted by Crippen LogP contribution is -2.27. The lowest BCUT2D eigenvalue weighted by molar-refractivity contribution is 0.0525. The number of benzene rings is 1. The SMILES string of the molecule is CCOC(=O)c1c(C)[nH]c(C(=O)[C@@H](C)Nc2ccc(OCC)cc2)c1C. The van der Waals surface area contributed by atoms with E-state index in [-0.39, 0.29) is 5.78 Å². The molecule has 1 heterocycles. The minimum atomic E-state index is -0.459. The van der Waals surface area contributed by atoms with Gasteiger partial charge in [-0.05, 0) is 64.4 Å². The summed E-state index contributed by atoms with van der Waals surface area (Å²) in [6.45, 7) is 9.89. The number of anilines is 1. The molecule has 2 rings (SSSR count). The molecule has 0 saturated heterocycles. The van der Waals surface area contributed by atoms with E-state index in [0.717, 1.165) is 11.4 Å². The van der Waals surface area contributed by atoms with Gasteiger partial charge in [0.15, 0.2) is 0 Å². The molecule has 0 bridgehead atoms. The summed E-state index contributed by atoms with van der Waals surface area (Å²) in [6.07, 6.45) is 0. The molecule has 140 valence electrons. The molecule has 1 aromatic carbocycles. The Labute approximate surface area is 153 Å². The molecular weight excluding hydrogens is 332 g/mol. The van der Waals surface area contributed by atoms with Gasteiger partial charge in [0, 0.05) is 11.4 Å². The van der Waals surface area contributed by atoms with Crippen molar-refractivity contribution in [2.24, 2.45) is 0 Å². The predicted molar refractivity (Wildman–Crippen MR) is 101 cm³/mol. The van der Waals surface area contributed by atoms with Crippen LogP contribution in [0.5, 0.6) is 5.75 Å². The zero-order valence-corrected chi connectivity index (χ0v) is 15.9. The van der Waals surface area contributed by atoms with Crippen molar-refractivity contribution in [1.82, 2.24) is 4.98 Å². The van der Waals surface area contributed by atoms with Crippen molar-refractivity contribution in [3.63, 3.8) is 0 Å². The Balaban J connectivity index is 2.15. The van der Waals surface area contributed by atoms with E-state index in [9.17, 15) is 9.59 Å². The lowest BCUT2D eigenvalue weighted by Gasteiger charge is -2.14. The molecule has 0 spiro atoms. The van der Waals surface area contributed by atoms with E-state index in [1.165, 1.54) is 0 Å². The van der Waals surface area contributed by atoms with Crippen LogP contribution in [0.3, 0.4) is 0 Å². The van der Waals surface area contributed by atoms with Crippen LogP contribution in [0.1, 0.15) is 52.9 Å². The molecule has 6 nitrogen and oxygen atoms in total. The first-order valence-corrected chi connectivity index (χ1v) is 8.78. The van der Waals surface area contributed by atoms with Crippen LogP contribution in [0.25, 0.3) is 0 Å². The van der Waals surface area contributed by atoms with Gasteiger partial charge in [0.05, 0.1) is 30.5 Å². The number of ether oxygens (including phenoxy) is 2. The first-order valence-electron chi connectivity index (χ1n) is 8.78. The molecule has 0 aliphatic heterocycles. The van der Waals surface area contributed by atoms with Gasteiger partial charge in [-0.25, -0.2) is 4.79 Å². The average Bonchev–Trinajstić information content (AvgIpc) is 2.90. The smallest absolute Gasteiger partial charge is 0.340 e. The second kappa shape index (κ2) is 8.56. The minimum absolute atomic E-state index is 0.116. The van der Waals surface area contributed by atoms with Crippen LogP contribution in [0.2, 0.25) is 0 Å². The third-order valence-corrected chi connectivity index (χ3v) is 4.11. The monoisotopic (exact) mass is 358 g/mol. The van der Waals surface area contributed by atoms with Crippen molar-refractivity contribution < 1.29 is 19.1 Å². The van der Waals surface area contributed by atoms with E-state index in [4.69, 9.17) is 9.47 Å². The van der Waals surface area contributed by atoms with E-state index < -0.39 is 12.0 Å². The zero-order chi connectivity index (χ0) is 19.3. The number of hydrogen-bond donors (Lipinski definition) is 2. The van der Waals surface area contributed by atoms with Gasteiger partial charge in [-0.3, -0.25) is 4.79 Å². The maximum Gasteiger partial charge on any atom is 0.340 e. The highest BCUT2D eigenvalue weighted by atomic mass is 16.5. The Bertz CT molecular complexity index is 778. The number of hydrogen-bond acceptors (Lipinski definition) is 5. The number of carbonyl (C=O) groups excluding carboxylic acids is 2. The highest BCUT2D eigenvalue weighted by Gasteiger charge is 2.25. The van der Waals surface area contributed by atoms with Gasteiger partial charge in [0.25, 0.3) is 0 Å². The molecule has 0 unspecified atom stereocenters. The van der Waals surface area contributed by atoms with Crippen LogP contribution >= 0.6 is 0 Å². The largest absolute Gasteiger partial charge is 0.494 e. The summed E-state index contributed by atoms with van der Waals surface area (Å²) >= 11 is 0. The number of Topliss-reactive ketones (excluding diaryl/α,β-unsaturated/α-hetero) is 1. The summed E-state index contributed by atoms with van der Waals surface area (Å²) in [4.78, 5) is 27.9. The number of ketones is 1. The first-order chi connectivity index (χ1) is 12.4. The normalized spacial score (nSPS) is 11.7. The summed E-state index contributed by atoms with van der Waals surface area (Å²) in [7, 11) is 0. The topological polar surface area (TPSA) is 80.4 Å². The maximum atomic E-state index is 12.8. The lowest BCUT2D eigenvalue weighted by atomic mass is 10.0. The van der Waals surface area contributed by atoms with Crippen molar-refractivity contribution in [3.8, 4) is 5.75 Å². The van der Waals surface area contributed by atoms with Crippen molar-refractivity contribution in [3.05, 3.63) is 46.8 Å². The number of nitrogens with one attached hydrogen (secondary N) is 2. The molecule has 0 aliphatic carbocycles. The standard InChI is InChI=1S/C20H26N2O4/c1-6-25-16-10-8-15(9-11-16)21-14(5)19(23)18-12(3)17(13(4)22-18)20(24)26-7-2/h8-11,14,21-22H,6-7H2,1-5H3/t14-/m1/s1. The molecule has 2 aromatic rings. The number of aromatic amines is 1. The van der Waals surface area contributed by atoms with E-state index in [1.807, 2.05) is 31.2 Å². The van der Waals surface area contributed by atoms with Crippen molar-refractivity contribution in [1.29, 1.82) is 0 Å². The molecule has 0 radical (unpaired) electrons. The van der Waals surface area contributed by atoms with Crippen LogP contribution in [0.15, 0.2) is 24.3 Å². The van der Waals surface area contributed by atoms with Crippen LogP contribution in [-0.4, -0.2) is 36.0 Å². The van der Waals surface area contributed by atoms with Crippen molar-refractivity contribution in [2.75, 3.05) is 18.5 Å². The Hall–Kier alpha value is -2.76. The van der Waals surface area contributed by atoms with Crippen LogP contribution in [0.4, 0.5) is 5.69 Å². The van der Waals surface area contributed by atoms with Gasteiger partial charge in [-0.2, -0.15) is 0 Å². The maximum absolute atomic E-state index is 12.8. The van der Waals surface area contributed by atoms with E-state index in [2.05, 4.69) is 10.3 Å². The molecule has 1 atom stereocenters. The predicted octanol–water partition coefficient (Wildman–Crippen LogP) is 3.89. The second-order valence-corrected chi connectivity index (χ2v) is 6.03. The molecule has 2 N–H and O–H groups in total. The molecule has 0 saturated carbocycles. The molecule has 6 heteroatoms. The van der Waals surface area contributed by atoms with Gasteiger partial charge >= 0.3 is 5.97 Å². The van der Waals surface area contributed by atoms with E-state index in [1.54, 1.807) is 27.7 Å². The Morgan fingerprint density at radius 1 is 1.12 bits per heavy atom. The number of carbonyl (C=O) groups is 2. The van der Waals surface area contributed by atoms with Gasteiger partial charge < -0.3 is 19.8 Å². The zero-order valence-electron chi connectivity index (χ0n) is 15.9. The van der Waals surface area contributed by atoms with Crippen LogP contribution < -0.4 is 10.1 Å². The fourth-order valence-electron chi connectivity index (χ4n) is 2.85. The van der Waals surface area contributed by atoms with E-state index >= 15 is 0 Å². The van der Waals surface area contributed by atoms with E-state index in [0.29, 0.717) is 35.7 Å². The number of aromatic nitrogens is 1. The highest BCUT2D eigenvalue weighted by molar-refractivity contribution is 6.04. The second-order valence-electron chi connectivity index (χ2n) is 6.03. The van der Waals surface area contributed by atoms with Gasteiger partial charge in [0.1, 0.15) is 5.75 Å². The van der Waals surface area contributed by atoms with Crippen LogP contribution in [0, 0.1) is 13.8 Å².